The van der Waals surface area contributed by atoms with Gasteiger partial charge in [0.25, 0.3) is 0 Å². The van der Waals surface area contributed by atoms with Crippen LogP contribution in [-0.2, 0) is 6.54 Å². The molecule has 1 aromatic heterocycles. The Bertz CT molecular complexity index is 347. The minimum Gasteiger partial charge on any atom is -0.390 e. The van der Waals surface area contributed by atoms with Crippen LogP contribution >= 0.6 is 0 Å². The fraction of sp³-hybridized carbons (Fsp3) is 0.750. The maximum absolute atomic E-state index is 9.98. The number of hydrogen-bond donors (Lipinski definition) is 1. The van der Waals surface area contributed by atoms with Crippen LogP contribution in [0.4, 0.5) is 0 Å². The van der Waals surface area contributed by atoms with Crippen molar-refractivity contribution in [2.24, 2.45) is 0 Å². The van der Waals surface area contributed by atoms with Crippen molar-refractivity contribution in [3.05, 3.63) is 17.5 Å². The highest BCUT2D eigenvalue weighted by atomic mass is 16.5. The largest absolute Gasteiger partial charge is 0.390 e. The highest BCUT2D eigenvalue weighted by Gasteiger charge is 2.25. The molecule has 4 nitrogen and oxygen atoms in total. The van der Waals surface area contributed by atoms with E-state index in [-0.39, 0.29) is 0 Å². The molecule has 0 amide bonds. The van der Waals surface area contributed by atoms with E-state index in [1.165, 1.54) is 0 Å². The third-order valence-corrected chi connectivity index (χ3v) is 3.21. The highest BCUT2D eigenvalue weighted by molar-refractivity contribution is 5.03. The van der Waals surface area contributed by atoms with E-state index in [1.807, 2.05) is 19.9 Å². The number of rotatable bonds is 2. The zero-order valence-electron chi connectivity index (χ0n) is 10.1. The SMILES string of the molecule is Cc1cc(CN2CCCC(C)(O)CC2)on1. The van der Waals surface area contributed by atoms with E-state index >= 15 is 0 Å². The van der Waals surface area contributed by atoms with Crippen LogP contribution in [-0.4, -0.2) is 33.9 Å². The molecule has 1 fully saturated rings. The minimum atomic E-state index is -0.494. The van der Waals surface area contributed by atoms with Gasteiger partial charge in [0.2, 0.25) is 0 Å². The van der Waals surface area contributed by atoms with Crippen LogP contribution in [0.15, 0.2) is 10.6 Å². The Kier molecular flexibility index (Phi) is 3.30. The summed E-state index contributed by atoms with van der Waals surface area (Å²) in [7, 11) is 0. The topological polar surface area (TPSA) is 49.5 Å². The van der Waals surface area contributed by atoms with Crippen LogP contribution in [0.3, 0.4) is 0 Å². The summed E-state index contributed by atoms with van der Waals surface area (Å²) in [5, 5.41) is 13.9. The molecule has 1 saturated heterocycles. The summed E-state index contributed by atoms with van der Waals surface area (Å²) >= 11 is 0. The predicted octanol–water partition coefficient (Wildman–Crippen LogP) is 1.72. The molecular weight excluding hydrogens is 204 g/mol. The summed E-state index contributed by atoms with van der Waals surface area (Å²) in [5.41, 5.74) is 0.434. The fourth-order valence-corrected chi connectivity index (χ4v) is 2.19. The first-order chi connectivity index (χ1) is 7.55. The predicted molar refractivity (Wildman–Crippen MR) is 61.0 cm³/mol. The van der Waals surface area contributed by atoms with Gasteiger partial charge in [0.1, 0.15) is 0 Å². The fourth-order valence-electron chi connectivity index (χ4n) is 2.19. The van der Waals surface area contributed by atoms with Crippen molar-refractivity contribution in [1.82, 2.24) is 10.1 Å². The molecule has 0 saturated carbocycles. The van der Waals surface area contributed by atoms with Gasteiger partial charge in [-0.15, -0.1) is 0 Å². The first-order valence-corrected chi connectivity index (χ1v) is 5.92. The second-order valence-electron chi connectivity index (χ2n) is 5.06. The van der Waals surface area contributed by atoms with Gasteiger partial charge in [-0.3, -0.25) is 4.90 Å². The number of hydrogen-bond acceptors (Lipinski definition) is 4. The minimum absolute atomic E-state index is 0.494. The van der Waals surface area contributed by atoms with E-state index < -0.39 is 5.60 Å². The molecule has 1 aliphatic rings. The molecule has 1 N–H and O–H groups in total. The van der Waals surface area contributed by atoms with Crippen LogP contribution in [0.5, 0.6) is 0 Å². The molecule has 2 heterocycles. The molecule has 1 unspecified atom stereocenters. The summed E-state index contributed by atoms with van der Waals surface area (Å²) in [6.07, 6.45) is 2.76. The van der Waals surface area contributed by atoms with Gasteiger partial charge in [0.05, 0.1) is 17.8 Å². The molecule has 0 radical (unpaired) electrons. The molecule has 0 spiro atoms. The molecule has 0 bridgehead atoms. The van der Waals surface area contributed by atoms with Crippen LogP contribution in [0.1, 0.15) is 37.6 Å². The van der Waals surface area contributed by atoms with Crippen molar-refractivity contribution in [3.8, 4) is 0 Å². The number of aliphatic hydroxyl groups is 1. The van der Waals surface area contributed by atoms with E-state index in [0.29, 0.717) is 0 Å². The van der Waals surface area contributed by atoms with E-state index in [4.69, 9.17) is 4.52 Å². The Morgan fingerprint density at radius 1 is 1.50 bits per heavy atom. The third-order valence-electron chi connectivity index (χ3n) is 3.21. The van der Waals surface area contributed by atoms with Crippen molar-refractivity contribution in [2.75, 3.05) is 13.1 Å². The van der Waals surface area contributed by atoms with Crippen molar-refractivity contribution >= 4 is 0 Å². The van der Waals surface area contributed by atoms with Gasteiger partial charge in [-0.05, 0) is 39.7 Å². The Morgan fingerprint density at radius 3 is 3.00 bits per heavy atom. The van der Waals surface area contributed by atoms with Crippen LogP contribution in [0.25, 0.3) is 0 Å². The van der Waals surface area contributed by atoms with Crippen molar-refractivity contribution in [2.45, 2.75) is 45.3 Å². The summed E-state index contributed by atoms with van der Waals surface area (Å²) in [6.45, 7) is 6.61. The normalized spacial score (nSPS) is 27.9. The molecular formula is C12H20N2O2. The second-order valence-corrected chi connectivity index (χ2v) is 5.06. The maximum Gasteiger partial charge on any atom is 0.150 e. The molecule has 0 aromatic carbocycles. The van der Waals surface area contributed by atoms with E-state index in [1.54, 1.807) is 0 Å². The van der Waals surface area contributed by atoms with Gasteiger partial charge in [-0.2, -0.15) is 0 Å². The van der Waals surface area contributed by atoms with Gasteiger partial charge in [0, 0.05) is 12.6 Å². The van der Waals surface area contributed by atoms with Crippen molar-refractivity contribution in [3.63, 3.8) is 0 Å². The van der Waals surface area contributed by atoms with Gasteiger partial charge < -0.3 is 9.63 Å². The lowest BCUT2D eigenvalue weighted by Gasteiger charge is -2.21. The third kappa shape index (κ3) is 3.06. The van der Waals surface area contributed by atoms with Crippen LogP contribution < -0.4 is 0 Å². The standard InChI is InChI=1S/C12H20N2O2/c1-10-8-11(16-13-10)9-14-6-3-4-12(2,15)5-7-14/h8,15H,3-7,9H2,1-2H3. The number of likely N-dealkylation sites (tertiary alicyclic amines) is 1. The molecule has 1 atom stereocenters. The Balaban J connectivity index is 1.91. The first kappa shape index (κ1) is 11.6. The maximum atomic E-state index is 9.98. The molecule has 1 aliphatic heterocycles. The summed E-state index contributed by atoms with van der Waals surface area (Å²) < 4.78 is 5.21. The van der Waals surface area contributed by atoms with E-state index in [0.717, 1.165) is 50.4 Å². The monoisotopic (exact) mass is 224 g/mol. The van der Waals surface area contributed by atoms with E-state index in [9.17, 15) is 5.11 Å². The molecule has 2 rings (SSSR count). The molecule has 0 aliphatic carbocycles. The summed E-state index contributed by atoms with van der Waals surface area (Å²) in [5.74, 6) is 0.916. The summed E-state index contributed by atoms with van der Waals surface area (Å²) in [4.78, 5) is 2.32. The lowest BCUT2D eigenvalue weighted by atomic mass is 9.98. The quantitative estimate of drug-likeness (QED) is 0.831. The number of aromatic nitrogens is 1. The van der Waals surface area contributed by atoms with Gasteiger partial charge in [-0.1, -0.05) is 5.16 Å². The number of aryl methyl sites for hydroxylation is 1. The Labute approximate surface area is 96.2 Å². The average Bonchev–Trinajstić information content (AvgIpc) is 2.52. The Hall–Kier alpha value is -0.870. The van der Waals surface area contributed by atoms with Gasteiger partial charge in [0.15, 0.2) is 5.76 Å². The zero-order valence-corrected chi connectivity index (χ0v) is 10.1. The van der Waals surface area contributed by atoms with Crippen molar-refractivity contribution < 1.29 is 9.63 Å². The number of nitrogens with zero attached hydrogens (tertiary/aromatic N) is 2. The van der Waals surface area contributed by atoms with Gasteiger partial charge in [-0.25, -0.2) is 0 Å². The molecule has 1 aromatic rings. The van der Waals surface area contributed by atoms with Crippen LogP contribution in [0, 0.1) is 6.92 Å². The van der Waals surface area contributed by atoms with Crippen molar-refractivity contribution in [1.29, 1.82) is 0 Å². The zero-order chi connectivity index (χ0) is 11.6. The average molecular weight is 224 g/mol. The lowest BCUT2D eigenvalue weighted by Crippen LogP contribution is -2.28. The van der Waals surface area contributed by atoms with E-state index in [2.05, 4.69) is 10.1 Å². The second kappa shape index (κ2) is 4.55. The smallest absolute Gasteiger partial charge is 0.150 e. The highest BCUT2D eigenvalue weighted by Crippen LogP contribution is 2.22. The molecule has 90 valence electrons. The Morgan fingerprint density at radius 2 is 2.31 bits per heavy atom. The first-order valence-electron chi connectivity index (χ1n) is 5.92. The van der Waals surface area contributed by atoms with Crippen LogP contribution in [0.2, 0.25) is 0 Å². The molecule has 16 heavy (non-hydrogen) atoms. The summed E-state index contributed by atoms with van der Waals surface area (Å²) in [6, 6.07) is 1.98. The lowest BCUT2D eigenvalue weighted by molar-refractivity contribution is 0.0441. The molecule has 4 heteroatoms. The van der Waals surface area contributed by atoms with Gasteiger partial charge >= 0.3 is 0 Å².